The van der Waals surface area contributed by atoms with E-state index in [1.807, 2.05) is 0 Å². The molecule has 1 N–H and O–H groups in total. The number of benzene rings is 1. The lowest BCUT2D eigenvalue weighted by Crippen LogP contribution is -2.23. The van der Waals surface area contributed by atoms with Crippen molar-refractivity contribution in [3.05, 3.63) is 53.3 Å². The number of nitrogens with zero attached hydrogens (tertiary/aromatic N) is 2. The molecule has 7 heteroatoms. The molecular weight excluding hydrogens is 310 g/mol. The van der Waals surface area contributed by atoms with Crippen LogP contribution in [0.3, 0.4) is 0 Å². The van der Waals surface area contributed by atoms with E-state index < -0.39 is 10.0 Å². The van der Waals surface area contributed by atoms with Crippen LogP contribution in [-0.4, -0.2) is 31.8 Å². The molecule has 0 fully saturated rings. The molecule has 0 amide bonds. The monoisotopic (exact) mass is 325 g/mol. The second-order valence-corrected chi connectivity index (χ2v) is 7.13. The summed E-state index contributed by atoms with van der Waals surface area (Å²) in [5.41, 5.74) is 1.39. The van der Waals surface area contributed by atoms with Gasteiger partial charge in [-0.2, -0.15) is 0 Å². The number of nitrogens with one attached hydrogen (secondary N) is 1. The van der Waals surface area contributed by atoms with E-state index in [1.54, 1.807) is 36.5 Å². The van der Waals surface area contributed by atoms with Crippen molar-refractivity contribution in [1.29, 1.82) is 0 Å². The summed E-state index contributed by atoms with van der Waals surface area (Å²) in [6.45, 7) is 0.354. The van der Waals surface area contributed by atoms with Crippen LogP contribution in [0.15, 0.2) is 47.6 Å². The Kier molecular flexibility index (Phi) is 4.82. The normalized spacial score (nSPS) is 11.6. The molecular formula is C14H16ClN3O2S. The first kappa shape index (κ1) is 15.8. The van der Waals surface area contributed by atoms with Gasteiger partial charge in [-0.1, -0.05) is 29.8 Å². The first-order valence-corrected chi connectivity index (χ1v) is 8.08. The molecule has 21 heavy (non-hydrogen) atoms. The Morgan fingerprint density at radius 2 is 1.95 bits per heavy atom. The molecule has 112 valence electrons. The summed E-state index contributed by atoms with van der Waals surface area (Å²) in [5.74, 6) is 0. The summed E-state index contributed by atoms with van der Waals surface area (Å²) in [6, 6.07) is 8.63. The molecule has 2 rings (SSSR count). The molecule has 0 unspecified atom stereocenters. The summed E-state index contributed by atoms with van der Waals surface area (Å²) in [7, 11) is -0.448. The van der Waals surface area contributed by atoms with Crippen molar-refractivity contribution in [2.24, 2.45) is 0 Å². The third-order valence-corrected chi connectivity index (χ3v) is 5.19. The number of hydrogen-bond donors (Lipinski definition) is 1. The Bertz CT molecular complexity index is 733. The van der Waals surface area contributed by atoms with E-state index in [0.717, 1.165) is 0 Å². The van der Waals surface area contributed by atoms with Crippen LogP contribution in [0.4, 0.5) is 5.69 Å². The van der Waals surface area contributed by atoms with Crippen molar-refractivity contribution in [1.82, 2.24) is 9.29 Å². The predicted octanol–water partition coefficient (Wildman–Crippen LogP) is 2.60. The van der Waals surface area contributed by atoms with E-state index in [1.165, 1.54) is 24.6 Å². The molecule has 2 aromatic rings. The molecule has 0 aliphatic rings. The van der Waals surface area contributed by atoms with Gasteiger partial charge in [0.15, 0.2) is 0 Å². The number of hydrogen-bond acceptors (Lipinski definition) is 4. The van der Waals surface area contributed by atoms with Crippen molar-refractivity contribution in [3.8, 4) is 0 Å². The van der Waals surface area contributed by atoms with Crippen molar-refractivity contribution in [3.63, 3.8) is 0 Å². The molecule has 0 aliphatic carbocycles. The van der Waals surface area contributed by atoms with Gasteiger partial charge in [0, 0.05) is 33.0 Å². The van der Waals surface area contributed by atoms with Crippen LogP contribution < -0.4 is 5.32 Å². The lowest BCUT2D eigenvalue weighted by Gasteiger charge is -2.16. The van der Waals surface area contributed by atoms with Gasteiger partial charge < -0.3 is 5.32 Å². The van der Waals surface area contributed by atoms with Crippen molar-refractivity contribution in [2.45, 2.75) is 11.4 Å². The first-order chi connectivity index (χ1) is 9.93. The molecule has 0 saturated heterocycles. The quantitative estimate of drug-likeness (QED) is 0.918. The first-order valence-electron chi connectivity index (χ1n) is 6.26. The van der Waals surface area contributed by atoms with E-state index in [9.17, 15) is 8.42 Å². The highest BCUT2D eigenvalue weighted by molar-refractivity contribution is 7.89. The third kappa shape index (κ3) is 3.53. The highest BCUT2D eigenvalue weighted by Gasteiger charge is 2.20. The van der Waals surface area contributed by atoms with E-state index in [-0.39, 0.29) is 4.90 Å². The number of pyridine rings is 1. The minimum atomic E-state index is -3.47. The van der Waals surface area contributed by atoms with Crippen LogP contribution in [-0.2, 0) is 16.6 Å². The number of halogens is 1. The molecule has 0 atom stereocenters. The Morgan fingerprint density at radius 1 is 1.24 bits per heavy atom. The topological polar surface area (TPSA) is 62.3 Å². The van der Waals surface area contributed by atoms with E-state index >= 15 is 0 Å². The zero-order valence-corrected chi connectivity index (χ0v) is 13.3. The molecule has 0 saturated carbocycles. The zero-order valence-electron chi connectivity index (χ0n) is 11.7. The fourth-order valence-corrected chi connectivity index (χ4v) is 3.11. The average Bonchev–Trinajstić information content (AvgIpc) is 2.46. The summed E-state index contributed by atoms with van der Waals surface area (Å²) in [6.07, 6.45) is 3.16. The third-order valence-electron chi connectivity index (χ3n) is 2.97. The SMILES string of the molecule is CN(C)S(=O)(=O)c1ccccc1CNc1ccncc1Cl. The molecule has 1 aromatic heterocycles. The summed E-state index contributed by atoms with van der Waals surface area (Å²) < 4.78 is 25.8. The van der Waals surface area contributed by atoms with Crippen molar-refractivity contribution < 1.29 is 8.42 Å². The standard InChI is InChI=1S/C14H16ClN3O2S/c1-18(2)21(19,20)14-6-4-3-5-11(14)9-17-13-7-8-16-10-12(13)15/h3-8,10H,9H2,1-2H3,(H,16,17). The van der Waals surface area contributed by atoms with E-state index in [0.29, 0.717) is 22.8 Å². The lowest BCUT2D eigenvalue weighted by atomic mass is 10.2. The van der Waals surface area contributed by atoms with Gasteiger partial charge >= 0.3 is 0 Å². The summed E-state index contributed by atoms with van der Waals surface area (Å²) in [4.78, 5) is 4.19. The lowest BCUT2D eigenvalue weighted by molar-refractivity contribution is 0.520. The minimum Gasteiger partial charge on any atom is -0.380 e. The van der Waals surface area contributed by atoms with E-state index in [2.05, 4.69) is 10.3 Å². The van der Waals surface area contributed by atoms with Crippen molar-refractivity contribution >= 4 is 27.3 Å². The zero-order chi connectivity index (χ0) is 15.5. The van der Waals surface area contributed by atoms with Crippen molar-refractivity contribution in [2.75, 3.05) is 19.4 Å². The molecule has 0 radical (unpaired) electrons. The fourth-order valence-electron chi connectivity index (χ4n) is 1.81. The number of sulfonamides is 1. The highest BCUT2D eigenvalue weighted by atomic mass is 35.5. The second-order valence-electron chi connectivity index (χ2n) is 4.60. The maximum Gasteiger partial charge on any atom is 0.242 e. The van der Waals surface area contributed by atoms with Crippen LogP contribution >= 0.6 is 11.6 Å². The molecule has 5 nitrogen and oxygen atoms in total. The minimum absolute atomic E-state index is 0.285. The van der Waals surface area contributed by atoms with Crippen LogP contribution in [0.1, 0.15) is 5.56 Å². The maximum atomic E-state index is 12.3. The van der Waals surface area contributed by atoms with Crippen LogP contribution in [0.2, 0.25) is 5.02 Å². The van der Waals surface area contributed by atoms with Gasteiger partial charge in [-0.25, -0.2) is 12.7 Å². The second kappa shape index (κ2) is 6.43. The Hall–Kier alpha value is -1.63. The Labute approximate surface area is 129 Å². The number of anilines is 1. The molecule has 0 spiro atoms. The predicted molar refractivity (Wildman–Crippen MR) is 83.9 cm³/mol. The Balaban J connectivity index is 2.28. The maximum absolute atomic E-state index is 12.3. The van der Waals surface area contributed by atoms with Gasteiger partial charge in [0.25, 0.3) is 0 Å². The smallest absolute Gasteiger partial charge is 0.242 e. The van der Waals surface area contributed by atoms with Gasteiger partial charge in [0.05, 0.1) is 15.6 Å². The summed E-state index contributed by atoms with van der Waals surface area (Å²) >= 11 is 6.02. The molecule has 1 aromatic carbocycles. The average molecular weight is 326 g/mol. The fraction of sp³-hybridized carbons (Fsp3) is 0.214. The van der Waals surface area contributed by atoms with Gasteiger partial charge in [-0.15, -0.1) is 0 Å². The highest BCUT2D eigenvalue weighted by Crippen LogP contribution is 2.23. The van der Waals surface area contributed by atoms with Gasteiger partial charge in [-0.3, -0.25) is 4.98 Å². The largest absolute Gasteiger partial charge is 0.380 e. The molecule has 0 bridgehead atoms. The van der Waals surface area contributed by atoms with Gasteiger partial charge in [0.2, 0.25) is 10.0 Å². The van der Waals surface area contributed by atoms with Crippen LogP contribution in [0.25, 0.3) is 0 Å². The summed E-state index contributed by atoms with van der Waals surface area (Å²) in [5, 5.41) is 3.62. The number of aromatic nitrogens is 1. The molecule has 1 heterocycles. The van der Waals surface area contributed by atoms with Crippen LogP contribution in [0.5, 0.6) is 0 Å². The molecule has 0 aliphatic heterocycles. The van der Waals surface area contributed by atoms with Crippen LogP contribution in [0, 0.1) is 0 Å². The number of rotatable bonds is 5. The van der Waals surface area contributed by atoms with Gasteiger partial charge in [-0.05, 0) is 17.7 Å². The Morgan fingerprint density at radius 3 is 2.62 bits per heavy atom. The van der Waals surface area contributed by atoms with Gasteiger partial charge in [0.1, 0.15) is 0 Å². The van der Waals surface area contributed by atoms with E-state index in [4.69, 9.17) is 11.6 Å².